The van der Waals surface area contributed by atoms with E-state index in [1.165, 1.54) is 50.5 Å². The highest BCUT2D eigenvalue weighted by Crippen LogP contribution is 2.16. The van der Waals surface area contributed by atoms with Crippen molar-refractivity contribution >= 4 is 17.8 Å². The lowest BCUT2D eigenvalue weighted by Crippen LogP contribution is -2.32. The van der Waals surface area contributed by atoms with Crippen molar-refractivity contribution in [1.29, 1.82) is 0 Å². The van der Waals surface area contributed by atoms with E-state index in [1.807, 2.05) is 12.1 Å². The van der Waals surface area contributed by atoms with Gasteiger partial charge < -0.3 is 4.84 Å². The molecular formula is C21H29NO4. The summed E-state index contributed by atoms with van der Waals surface area (Å²) in [7, 11) is 0. The van der Waals surface area contributed by atoms with Crippen molar-refractivity contribution in [1.82, 2.24) is 5.06 Å². The molecule has 26 heavy (non-hydrogen) atoms. The van der Waals surface area contributed by atoms with Gasteiger partial charge in [0.1, 0.15) is 0 Å². The lowest BCUT2D eigenvalue weighted by molar-refractivity contribution is -0.172. The van der Waals surface area contributed by atoms with Crippen molar-refractivity contribution in [3.63, 3.8) is 0 Å². The van der Waals surface area contributed by atoms with Crippen LogP contribution in [0.3, 0.4) is 0 Å². The number of benzene rings is 1. The summed E-state index contributed by atoms with van der Waals surface area (Å²) in [5.41, 5.74) is 1.53. The van der Waals surface area contributed by atoms with Crippen LogP contribution in [0, 0.1) is 0 Å². The molecule has 1 aliphatic heterocycles. The highest BCUT2D eigenvalue weighted by atomic mass is 16.7. The Morgan fingerprint density at radius 2 is 1.42 bits per heavy atom. The van der Waals surface area contributed by atoms with E-state index in [-0.39, 0.29) is 12.8 Å². The fourth-order valence-electron chi connectivity index (χ4n) is 3.06. The molecule has 1 fully saturated rings. The first-order chi connectivity index (χ1) is 12.6. The second kappa shape index (κ2) is 10.7. The topological polar surface area (TPSA) is 63.7 Å². The number of nitrogens with zero attached hydrogens (tertiary/aromatic N) is 1. The molecule has 0 radical (unpaired) electrons. The fourth-order valence-corrected chi connectivity index (χ4v) is 3.06. The summed E-state index contributed by atoms with van der Waals surface area (Å²) in [5.74, 6) is -1.60. The van der Waals surface area contributed by atoms with Gasteiger partial charge >= 0.3 is 5.97 Å². The average molecular weight is 359 g/mol. The molecule has 0 saturated carbocycles. The Labute approximate surface area is 155 Å². The zero-order valence-electron chi connectivity index (χ0n) is 15.7. The van der Waals surface area contributed by atoms with Crippen molar-refractivity contribution in [2.24, 2.45) is 0 Å². The van der Waals surface area contributed by atoms with E-state index < -0.39 is 17.8 Å². The minimum atomic E-state index is -0.674. The number of carbonyl (C=O) groups excluding carboxylic acids is 3. The van der Waals surface area contributed by atoms with Gasteiger partial charge in [-0.05, 0) is 30.5 Å². The third-order valence-electron chi connectivity index (χ3n) is 4.69. The number of unbranched alkanes of at least 4 members (excludes halogenated alkanes) is 7. The van der Waals surface area contributed by atoms with Crippen molar-refractivity contribution in [2.45, 2.75) is 77.6 Å². The van der Waals surface area contributed by atoms with Crippen LogP contribution in [0.2, 0.25) is 0 Å². The van der Waals surface area contributed by atoms with Crippen molar-refractivity contribution in [2.75, 3.05) is 0 Å². The first-order valence-electron chi connectivity index (χ1n) is 9.79. The Bertz CT molecular complexity index is 593. The SMILES string of the molecule is CCCCCCCCCCc1ccc(C(=O)ON2C(=O)CCC2=O)cc1. The third-order valence-corrected chi connectivity index (χ3v) is 4.69. The largest absolute Gasteiger partial charge is 0.363 e. The van der Waals surface area contributed by atoms with Gasteiger partial charge in [-0.25, -0.2) is 4.79 Å². The molecule has 142 valence electrons. The second-order valence-electron chi connectivity index (χ2n) is 6.88. The monoisotopic (exact) mass is 359 g/mol. The van der Waals surface area contributed by atoms with Crippen LogP contribution in [0.25, 0.3) is 0 Å². The molecule has 5 nitrogen and oxygen atoms in total. The Morgan fingerprint density at radius 3 is 2.00 bits per heavy atom. The van der Waals surface area contributed by atoms with E-state index in [4.69, 9.17) is 4.84 Å². The maximum absolute atomic E-state index is 12.0. The van der Waals surface area contributed by atoms with Gasteiger partial charge in [0.15, 0.2) is 0 Å². The van der Waals surface area contributed by atoms with Crippen molar-refractivity contribution < 1.29 is 19.2 Å². The minimum Gasteiger partial charge on any atom is -0.325 e. The second-order valence-corrected chi connectivity index (χ2v) is 6.88. The van der Waals surface area contributed by atoms with Gasteiger partial charge in [0.25, 0.3) is 11.8 Å². The first-order valence-corrected chi connectivity index (χ1v) is 9.79. The summed E-state index contributed by atoms with van der Waals surface area (Å²) in [4.78, 5) is 39.9. The lowest BCUT2D eigenvalue weighted by Gasteiger charge is -2.12. The van der Waals surface area contributed by atoms with Gasteiger partial charge in [-0.15, -0.1) is 5.06 Å². The molecule has 0 N–H and O–H groups in total. The van der Waals surface area contributed by atoms with E-state index >= 15 is 0 Å². The van der Waals surface area contributed by atoms with E-state index in [1.54, 1.807) is 12.1 Å². The van der Waals surface area contributed by atoms with Crippen LogP contribution in [0.15, 0.2) is 24.3 Å². The average Bonchev–Trinajstić information content (AvgIpc) is 2.96. The van der Waals surface area contributed by atoms with Gasteiger partial charge in [-0.3, -0.25) is 9.59 Å². The van der Waals surface area contributed by atoms with Crippen LogP contribution < -0.4 is 0 Å². The zero-order valence-corrected chi connectivity index (χ0v) is 15.7. The van der Waals surface area contributed by atoms with Crippen molar-refractivity contribution in [3.8, 4) is 0 Å². The summed E-state index contributed by atoms with van der Waals surface area (Å²) in [6.07, 6.45) is 11.5. The Balaban J connectivity index is 1.68. The van der Waals surface area contributed by atoms with Crippen LogP contribution >= 0.6 is 0 Å². The molecule has 0 unspecified atom stereocenters. The molecule has 0 aliphatic carbocycles. The third kappa shape index (κ3) is 6.28. The summed E-state index contributed by atoms with van der Waals surface area (Å²) in [6, 6.07) is 7.19. The number of rotatable bonds is 11. The minimum absolute atomic E-state index is 0.101. The summed E-state index contributed by atoms with van der Waals surface area (Å²) in [5, 5.41) is 0.580. The number of hydrogen-bond acceptors (Lipinski definition) is 4. The molecule has 1 saturated heterocycles. The molecule has 1 heterocycles. The van der Waals surface area contributed by atoms with Crippen LogP contribution in [-0.4, -0.2) is 22.8 Å². The molecule has 1 aliphatic rings. The van der Waals surface area contributed by atoms with Crippen LogP contribution in [-0.2, 0) is 20.8 Å². The van der Waals surface area contributed by atoms with Crippen LogP contribution in [0.4, 0.5) is 0 Å². The Kier molecular flexibility index (Phi) is 8.32. The molecule has 1 aromatic rings. The Morgan fingerprint density at radius 1 is 0.885 bits per heavy atom. The zero-order chi connectivity index (χ0) is 18.8. The van der Waals surface area contributed by atoms with Gasteiger partial charge in [-0.1, -0.05) is 64.0 Å². The number of hydrogen-bond donors (Lipinski definition) is 0. The van der Waals surface area contributed by atoms with E-state index in [9.17, 15) is 14.4 Å². The normalized spacial score (nSPS) is 14.1. The van der Waals surface area contributed by atoms with E-state index in [2.05, 4.69) is 6.92 Å². The maximum Gasteiger partial charge on any atom is 0.363 e. The predicted octanol–water partition coefficient (Wildman–Crippen LogP) is 4.59. The molecule has 5 heteroatoms. The molecule has 2 rings (SSSR count). The maximum atomic E-state index is 12.0. The standard InChI is InChI=1S/C21H29NO4/c1-2-3-4-5-6-7-8-9-10-17-11-13-18(14-12-17)21(25)26-22-19(23)15-16-20(22)24/h11-14H,2-10,15-16H2,1H3. The predicted molar refractivity (Wildman–Crippen MR) is 99.3 cm³/mol. The lowest BCUT2D eigenvalue weighted by atomic mass is 10.0. The first kappa shape index (κ1) is 20.1. The quantitative estimate of drug-likeness (QED) is 0.428. The number of amides is 2. The smallest absolute Gasteiger partial charge is 0.325 e. The number of carbonyl (C=O) groups is 3. The highest BCUT2D eigenvalue weighted by molar-refractivity contribution is 6.02. The molecule has 0 bridgehead atoms. The molecular weight excluding hydrogens is 330 g/mol. The Hall–Kier alpha value is -2.17. The van der Waals surface area contributed by atoms with Gasteiger partial charge in [0.05, 0.1) is 5.56 Å². The van der Waals surface area contributed by atoms with E-state index in [0.29, 0.717) is 10.6 Å². The summed E-state index contributed by atoms with van der Waals surface area (Å²) < 4.78 is 0. The molecule has 0 atom stereocenters. The van der Waals surface area contributed by atoms with Gasteiger partial charge in [0, 0.05) is 12.8 Å². The van der Waals surface area contributed by atoms with Crippen LogP contribution in [0.5, 0.6) is 0 Å². The fraction of sp³-hybridized carbons (Fsp3) is 0.571. The van der Waals surface area contributed by atoms with Crippen molar-refractivity contribution in [3.05, 3.63) is 35.4 Å². The number of imide groups is 1. The molecule has 0 spiro atoms. The highest BCUT2D eigenvalue weighted by Gasteiger charge is 2.33. The number of hydroxylamine groups is 2. The number of aryl methyl sites for hydroxylation is 1. The van der Waals surface area contributed by atoms with Gasteiger partial charge in [-0.2, -0.15) is 0 Å². The summed E-state index contributed by atoms with van der Waals surface area (Å²) >= 11 is 0. The molecule has 0 aromatic heterocycles. The van der Waals surface area contributed by atoms with Crippen LogP contribution in [0.1, 0.15) is 87.1 Å². The van der Waals surface area contributed by atoms with Gasteiger partial charge in [0.2, 0.25) is 0 Å². The molecule has 2 amide bonds. The van der Waals surface area contributed by atoms with E-state index in [0.717, 1.165) is 12.8 Å². The summed E-state index contributed by atoms with van der Waals surface area (Å²) in [6.45, 7) is 2.23. The molecule has 1 aromatic carbocycles.